The van der Waals surface area contributed by atoms with Crippen molar-refractivity contribution in [1.82, 2.24) is 30.9 Å². The number of hydrogen-bond acceptors (Lipinski definition) is 7. The lowest BCUT2D eigenvalue weighted by Gasteiger charge is -2.24. The van der Waals surface area contributed by atoms with Crippen LogP contribution in [0, 0.1) is 0 Å². The number of benzene rings is 1. The molecule has 0 aliphatic carbocycles. The Balaban J connectivity index is 1.78. The average Bonchev–Trinajstić information content (AvgIpc) is 3.59. The van der Waals surface area contributed by atoms with Crippen molar-refractivity contribution in [2.24, 2.45) is 22.2 Å². The van der Waals surface area contributed by atoms with Crippen molar-refractivity contribution < 1.29 is 24.3 Å². The number of rotatable bonds is 15. The molecule has 214 valence electrons. The van der Waals surface area contributed by atoms with E-state index in [1.165, 1.54) is 12.5 Å². The van der Waals surface area contributed by atoms with Crippen LogP contribution in [0.2, 0.25) is 0 Å². The second-order valence-corrected chi connectivity index (χ2v) is 9.08. The fourth-order valence-corrected chi connectivity index (χ4v) is 4.11. The number of carboxylic acid groups (broad SMARTS) is 1. The predicted molar refractivity (Wildman–Crippen MR) is 147 cm³/mol. The molecule has 40 heavy (non-hydrogen) atoms. The van der Waals surface area contributed by atoms with E-state index in [2.05, 4.69) is 35.9 Å². The van der Waals surface area contributed by atoms with Gasteiger partial charge in [0, 0.05) is 48.4 Å². The van der Waals surface area contributed by atoms with Crippen LogP contribution in [0.15, 0.2) is 48.0 Å². The first kappa shape index (κ1) is 29.6. The minimum Gasteiger partial charge on any atom is -0.480 e. The molecule has 0 saturated carbocycles. The maximum absolute atomic E-state index is 13.5. The Bertz CT molecular complexity index is 1330. The molecule has 3 amide bonds. The van der Waals surface area contributed by atoms with Gasteiger partial charge >= 0.3 is 5.97 Å². The lowest BCUT2D eigenvalue weighted by atomic mass is 10.0. The normalized spacial score (nSPS) is 13.1. The number of H-pyrrole nitrogens is 2. The molecule has 12 N–H and O–H groups in total. The number of carboxylic acids is 1. The van der Waals surface area contributed by atoms with Crippen molar-refractivity contribution in [2.75, 3.05) is 13.1 Å². The highest BCUT2D eigenvalue weighted by atomic mass is 16.4. The van der Waals surface area contributed by atoms with E-state index in [9.17, 15) is 24.3 Å². The SMILES string of the molecule is NCC(=O)NC(Cc1c[nH]c2ccccc12)C(=O)NC(Cc1cnc[nH]1)C(=O)NC(CCCN=C(N)N)C(=O)O. The number of amides is 3. The molecule has 0 aliphatic rings. The largest absolute Gasteiger partial charge is 0.480 e. The molecular weight excluding hydrogens is 520 g/mol. The van der Waals surface area contributed by atoms with Crippen LogP contribution < -0.4 is 33.2 Å². The van der Waals surface area contributed by atoms with Crippen LogP contribution >= 0.6 is 0 Å². The van der Waals surface area contributed by atoms with E-state index in [-0.39, 0.29) is 38.3 Å². The van der Waals surface area contributed by atoms with Crippen molar-refractivity contribution in [2.45, 2.75) is 43.8 Å². The minimum absolute atomic E-state index is 0.0114. The first-order valence-corrected chi connectivity index (χ1v) is 12.6. The van der Waals surface area contributed by atoms with Crippen molar-refractivity contribution in [3.05, 3.63) is 54.2 Å². The number of imidazole rings is 1. The number of aliphatic carboxylic acids is 1. The summed E-state index contributed by atoms with van der Waals surface area (Å²) in [6, 6.07) is 3.99. The van der Waals surface area contributed by atoms with Gasteiger partial charge in [-0.15, -0.1) is 0 Å². The molecule has 15 nitrogen and oxygen atoms in total. The van der Waals surface area contributed by atoms with Crippen LogP contribution in [0.3, 0.4) is 0 Å². The van der Waals surface area contributed by atoms with Crippen molar-refractivity contribution in [3.8, 4) is 0 Å². The number of aromatic amines is 2. The zero-order valence-electron chi connectivity index (χ0n) is 21.7. The molecule has 0 radical (unpaired) electrons. The molecule has 1 aromatic carbocycles. The second kappa shape index (κ2) is 14.3. The summed E-state index contributed by atoms with van der Waals surface area (Å²) < 4.78 is 0. The number of aromatic nitrogens is 3. The maximum Gasteiger partial charge on any atom is 0.326 e. The molecule has 15 heteroatoms. The number of nitrogens with two attached hydrogens (primary N) is 3. The van der Waals surface area contributed by atoms with Gasteiger partial charge in [-0.2, -0.15) is 0 Å². The van der Waals surface area contributed by atoms with Gasteiger partial charge in [-0.05, 0) is 24.5 Å². The third-order valence-corrected chi connectivity index (χ3v) is 6.11. The fourth-order valence-electron chi connectivity index (χ4n) is 4.11. The van der Waals surface area contributed by atoms with Crippen molar-refractivity contribution in [1.29, 1.82) is 0 Å². The third kappa shape index (κ3) is 8.56. The monoisotopic (exact) mass is 554 g/mol. The van der Waals surface area contributed by atoms with Gasteiger partial charge < -0.3 is 48.2 Å². The van der Waals surface area contributed by atoms with Crippen LogP contribution in [0.4, 0.5) is 0 Å². The summed E-state index contributed by atoms with van der Waals surface area (Å²) in [5.74, 6) is -3.31. The Hall–Kier alpha value is -4.92. The first-order valence-electron chi connectivity index (χ1n) is 12.6. The number of hydrogen-bond donors (Lipinski definition) is 9. The van der Waals surface area contributed by atoms with Crippen molar-refractivity contribution in [3.63, 3.8) is 0 Å². The minimum atomic E-state index is -1.25. The molecule has 3 aromatic rings. The molecule has 3 atom stereocenters. The van der Waals surface area contributed by atoms with E-state index in [0.29, 0.717) is 12.1 Å². The Morgan fingerprint density at radius 2 is 1.68 bits per heavy atom. The molecule has 2 aromatic heterocycles. The number of nitrogens with one attached hydrogen (secondary N) is 5. The lowest BCUT2D eigenvalue weighted by Crippen LogP contribution is -2.57. The van der Waals surface area contributed by atoms with E-state index in [0.717, 1.165) is 16.5 Å². The lowest BCUT2D eigenvalue weighted by molar-refractivity contribution is -0.142. The zero-order chi connectivity index (χ0) is 29.1. The van der Waals surface area contributed by atoms with Gasteiger partial charge in [0.05, 0.1) is 12.9 Å². The van der Waals surface area contributed by atoms with Gasteiger partial charge in [0.2, 0.25) is 17.7 Å². The second-order valence-electron chi connectivity index (χ2n) is 9.08. The van der Waals surface area contributed by atoms with Gasteiger partial charge in [-0.3, -0.25) is 19.4 Å². The van der Waals surface area contributed by atoms with Crippen LogP contribution in [-0.2, 0) is 32.0 Å². The van der Waals surface area contributed by atoms with E-state index in [1.807, 2.05) is 24.3 Å². The Kier molecular flexibility index (Phi) is 10.6. The fraction of sp³-hybridized carbons (Fsp3) is 0.360. The molecule has 0 bridgehead atoms. The summed E-state index contributed by atoms with van der Waals surface area (Å²) >= 11 is 0. The standard InChI is InChI=1S/C25H34N10O5/c26-10-21(36)33-19(8-14-11-31-17-5-2-1-4-16(14)17)22(37)35-20(9-15-12-29-13-32-15)23(38)34-18(24(39)40)6-3-7-30-25(27)28/h1-2,4-5,11-13,18-20,31H,3,6-10,26H2,(H,29,32)(H,33,36)(H,34,38)(H,35,37)(H,39,40)(H4,27,28,30). The molecule has 3 rings (SSSR count). The first-order chi connectivity index (χ1) is 19.2. The smallest absolute Gasteiger partial charge is 0.326 e. The molecule has 2 heterocycles. The Labute approximate surface area is 229 Å². The van der Waals surface area contributed by atoms with E-state index in [4.69, 9.17) is 17.2 Å². The predicted octanol–water partition coefficient (Wildman–Crippen LogP) is -1.77. The zero-order valence-corrected chi connectivity index (χ0v) is 21.7. The number of nitrogens with zero attached hydrogens (tertiary/aromatic N) is 2. The van der Waals surface area contributed by atoms with Gasteiger partial charge in [-0.1, -0.05) is 18.2 Å². The van der Waals surface area contributed by atoms with E-state index < -0.39 is 41.8 Å². The Morgan fingerprint density at radius 3 is 2.33 bits per heavy atom. The number of aliphatic imine (C=N–C) groups is 1. The molecule has 0 aliphatic heterocycles. The molecule has 0 fully saturated rings. The number of guanidine groups is 1. The third-order valence-electron chi connectivity index (χ3n) is 6.11. The van der Waals surface area contributed by atoms with E-state index in [1.54, 1.807) is 6.20 Å². The Morgan fingerprint density at radius 1 is 0.975 bits per heavy atom. The topological polar surface area (TPSA) is 259 Å². The van der Waals surface area contributed by atoms with Gasteiger partial charge in [0.1, 0.15) is 18.1 Å². The number of carbonyl (C=O) groups excluding carboxylic acids is 3. The van der Waals surface area contributed by atoms with Crippen LogP contribution in [0.1, 0.15) is 24.1 Å². The number of fused-ring (bicyclic) bond motifs is 1. The van der Waals surface area contributed by atoms with Gasteiger partial charge in [-0.25, -0.2) is 9.78 Å². The summed E-state index contributed by atoms with van der Waals surface area (Å²) in [5, 5.41) is 18.2. The quantitative estimate of drug-likeness (QED) is 0.0584. The summed E-state index contributed by atoms with van der Waals surface area (Å²) in [4.78, 5) is 64.4. The molecule has 0 saturated heterocycles. The molecule has 3 unspecified atom stereocenters. The highest BCUT2D eigenvalue weighted by Crippen LogP contribution is 2.19. The average molecular weight is 555 g/mol. The van der Waals surface area contributed by atoms with Crippen LogP contribution in [0.25, 0.3) is 10.9 Å². The summed E-state index contributed by atoms with van der Waals surface area (Å²) in [6.45, 7) is -0.150. The molecular formula is C25H34N10O5. The summed E-state index contributed by atoms with van der Waals surface area (Å²) in [6.07, 6.45) is 5.09. The van der Waals surface area contributed by atoms with Crippen LogP contribution in [0.5, 0.6) is 0 Å². The molecule has 0 spiro atoms. The maximum atomic E-state index is 13.5. The highest BCUT2D eigenvalue weighted by molar-refractivity contribution is 5.94. The number of carbonyl (C=O) groups is 4. The number of para-hydroxylation sites is 1. The van der Waals surface area contributed by atoms with Crippen LogP contribution in [-0.4, -0.2) is 80.9 Å². The van der Waals surface area contributed by atoms with Gasteiger partial charge in [0.15, 0.2) is 5.96 Å². The summed E-state index contributed by atoms with van der Waals surface area (Å²) in [5.41, 5.74) is 18.2. The van der Waals surface area contributed by atoms with E-state index >= 15 is 0 Å². The highest BCUT2D eigenvalue weighted by Gasteiger charge is 2.30. The van der Waals surface area contributed by atoms with Gasteiger partial charge in [0.25, 0.3) is 0 Å². The summed E-state index contributed by atoms with van der Waals surface area (Å²) in [7, 11) is 0. The van der Waals surface area contributed by atoms with Crippen molar-refractivity contribution >= 4 is 40.6 Å².